The Bertz CT molecular complexity index is 463. The Kier molecular flexibility index (Phi) is 6.96. The second-order valence-electron chi connectivity index (χ2n) is 6.44. The Labute approximate surface area is 138 Å². The lowest BCUT2D eigenvalue weighted by molar-refractivity contribution is 0.0264. The minimum atomic E-state index is -0.712. The molecule has 2 rings (SSSR count). The van der Waals surface area contributed by atoms with Gasteiger partial charge in [0.05, 0.1) is 12.7 Å². The van der Waals surface area contributed by atoms with E-state index in [-0.39, 0.29) is 12.4 Å². The molecule has 0 amide bonds. The van der Waals surface area contributed by atoms with Gasteiger partial charge in [0, 0.05) is 31.6 Å². The molecule has 0 radical (unpaired) electrons. The van der Waals surface area contributed by atoms with Crippen molar-refractivity contribution in [3.8, 4) is 0 Å². The zero-order valence-corrected chi connectivity index (χ0v) is 14.0. The minimum Gasteiger partial charge on any atom is -0.395 e. The van der Waals surface area contributed by atoms with Gasteiger partial charge in [0.15, 0.2) is 0 Å². The second-order valence-corrected chi connectivity index (χ2v) is 6.44. The molecule has 23 heavy (non-hydrogen) atoms. The lowest BCUT2D eigenvalue weighted by atomic mass is 9.72. The smallest absolute Gasteiger partial charge is 0.123 e. The van der Waals surface area contributed by atoms with Crippen molar-refractivity contribution in [2.24, 2.45) is 0 Å². The average molecular weight is 324 g/mol. The molecule has 1 fully saturated rings. The third-order valence-electron chi connectivity index (χ3n) is 5.03. The van der Waals surface area contributed by atoms with E-state index < -0.39 is 11.5 Å². The van der Waals surface area contributed by atoms with Gasteiger partial charge in [0.2, 0.25) is 0 Å². The van der Waals surface area contributed by atoms with Crippen molar-refractivity contribution in [2.75, 3.05) is 39.3 Å². The van der Waals surface area contributed by atoms with Gasteiger partial charge in [-0.15, -0.1) is 0 Å². The van der Waals surface area contributed by atoms with Crippen LogP contribution in [0.3, 0.4) is 0 Å². The van der Waals surface area contributed by atoms with Crippen LogP contribution in [0.25, 0.3) is 0 Å². The van der Waals surface area contributed by atoms with Gasteiger partial charge in [-0.05, 0) is 43.5 Å². The van der Waals surface area contributed by atoms with Crippen LogP contribution in [-0.4, -0.2) is 60.5 Å². The molecule has 1 heterocycles. The maximum atomic E-state index is 13.2. The summed E-state index contributed by atoms with van der Waals surface area (Å²) in [4.78, 5) is 2.40. The molecule has 1 saturated heterocycles. The Balaban J connectivity index is 2.07. The summed E-state index contributed by atoms with van der Waals surface area (Å²) in [6.07, 6.45) is 1.51. The second kappa shape index (κ2) is 8.73. The summed E-state index contributed by atoms with van der Waals surface area (Å²) in [5, 5.41) is 23.9. The normalized spacial score (nSPS) is 20.2. The predicted octanol–water partition coefficient (Wildman–Crippen LogP) is 1.51. The lowest BCUT2D eigenvalue weighted by Gasteiger charge is -2.38. The van der Waals surface area contributed by atoms with Gasteiger partial charge in [-0.1, -0.05) is 19.1 Å². The SMILES string of the molecule is CCC(O)C(CO)(CCCN1CCNCC1)c1ccc(F)cc1. The molecule has 5 heteroatoms. The van der Waals surface area contributed by atoms with E-state index in [1.54, 1.807) is 12.1 Å². The Morgan fingerprint density at radius 2 is 1.91 bits per heavy atom. The Morgan fingerprint density at radius 3 is 2.48 bits per heavy atom. The van der Waals surface area contributed by atoms with E-state index in [2.05, 4.69) is 10.2 Å². The molecule has 0 aliphatic carbocycles. The standard InChI is InChI=1S/C18H29FN2O2/c1-2-17(23)18(14-22,15-4-6-16(19)7-5-15)8-3-11-21-12-9-20-10-13-21/h4-7,17,20,22-23H,2-3,8-14H2,1H3. The molecule has 0 saturated carbocycles. The maximum absolute atomic E-state index is 13.2. The number of aliphatic hydroxyl groups is 2. The number of rotatable bonds is 8. The van der Waals surface area contributed by atoms with Crippen LogP contribution in [0.4, 0.5) is 4.39 Å². The van der Waals surface area contributed by atoms with E-state index in [4.69, 9.17) is 0 Å². The van der Waals surface area contributed by atoms with Crippen LogP contribution in [0.15, 0.2) is 24.3 Å². The quantitative estimate of drug-likeness (QED) is 0.678. The molecule has 4 nitrogen and oxygen atoms in total. The highest BCUT2D eigenvalue weighted by molar-refractivity contribution is 5.28. The zero-order valence-electron chi connectivity index (χ0n) is 14.0. The number of aliphatic hydroxyl groups excluding tert-OH is 2. The number of nitrogens with one attached hydrogen (secondary N) is 1. The number of benzene rings is 1. The molecule has 0 bridgehead atoms. The zero-order chi connectivity index (χ0) is 16.7. The van der Waals surface area contributed by atoms with Crippen LogP contribution in [0.5, 0.6) is 0 Å². The minimum absolute atomic E-state index is 0.130. The fraction of sp³-hybridized carbons (Fsp3) is 0.667. The monoisotopic (exact) mass is 324 g/mol. The van der Waals surface area contributed by atoms with Gasteiger partial charge in [0.25, 0.3) is 0 Å². The summed E-state index contributed by atoms with van der Waals surface area (Å²) in [5.41, 5.74) is 0.104. The number of hydrogen-bond donors (Lipinski definition) is 3. The fourth-order valence-corrected chi connectivity index (χ4v) is 3.50. The van der Waals surface area contributed by atoms with E-state index in [0.717, 1.165) is 44.7 Å². The van der Waals surface area contributed by atoms with Gasteiger partial charge in [0.1, 0.15) is 5.82 Å². The summed E-state index contributed by atoms with van der Waals surface area (Å²) < 4.78 is 13.2. The van der Waals surface area contributed by atoms with Crippen LogP contribution in [0, 0.1) is 5.82 Å². The first-order valence-corrected chi connectivity index (χ1v) is 8.60. The van der Waals surface area contributed by atoms with E-state index in [1.165, 1.54) is 12.1 Å². The number of hydrogen-bond acceptors (Lipinski definition) is 4. The van der Waals surface area contributed by atoms with Crippen molar-refractivity contribution < 1.29 is 14.6 Å². The molecule has 2 atom stereocenters. The largest absolute Gasteiger partial charge is 0.395 e. The average Bonchev–Trinajstić information content (AvgIpc) is 2.60. The van der Waals surface area contributed by atoms with Crippen molar-refractivity contribution in [3.63, 3.8) is 0 Å². The number of halogens is 1. The molecule has 2 unspecified atom stereocenters. The highest BCUT2D eigenvalue weighted by Gasteiger charge is 2.38. The summed E-state index contributed by atoms with van der Waals surface area (Å²) in [6, 6.07) is 6.18. The van der Waals surface area contributed by atoms with Gasteiger partial charge in [-0.3, -0.25) is 0 Å². The molecule has 1 aromatic carbocycles. The summed E-state index contributed by atoms with van der Waals surface area (Å²) in [6.45, 7) is 6.85. The fourth-order valence-electron chi connectivity index (χ4n) is 3.50. The molecule has 0 spiro atoms. The van der Waals surface area contributed by atoms with Crippen LogP contribution >= 0.6 is 0 Å². The van der Waals surface area contributed by atoms with Crippen molar-refractivity contribution in [2.45, 2.75) is 37.7 Å². The van der Waals surface area contributed by atoms with Crippen molar-refractivity contribution in [1.29, 1.82) is 0 Å². The lowest BCUT2D eigenvalue weighted by Crippen LogP contribution is -2.46. The van der Waals surface area contributed by atoms with Gasteiger partial charge in [-0.25, -0.2) is 4.39 Å². The first-order valence-electron chi connectivity index (χ1n) is 8.60. The van der Waals surface area contributed by atoms with Crippen LogP contribution in [0.2, 0.25) is 0 Å². The highest BCUT2D eigenvalue weighted by Crippen LogP contribution is 2.34. The van der Waals surface area contributed by atoms with Crippen molar-refractivity contribution >= 4 is 0 Å². The molecule has 1 aliphatic rings. The highest BCUT2D eigenvalue weighted by atomic mass is 19.1. The van der Waals surface area contributed by atoms with Crippen molar-refractivity contribution in [1.82, 2.24) is 10.2 Å². The van der Waals surface area contributed by atoms with E-state index in [1.807, 2.05) is 6.92 Å². The molecule has 1 aliphatic heterocycles. The number of piperazine rings is 1. The summed E-state index contributed by atoms with van der Waals surface area (Å²) in [5.74, 6) is -0.299. The predicted molar refractivity (Wildman–Crippen MR) is 90.0 cm³/mol. The molecule has 3 N–H and O–H groups in total. The third-order valence-corrected chi connectivity index (χ3v) is 5.03. The Morgan fingerprint density at radius 1 is 1.26 bits per heavy atom. The Hall–Kier alpha value is -1.01. The molecular weight excluding hydrogens is 295 g/mol. The molecular formula is C18H29FN2O2. The van der Waals surface area contributed by atoms with Crippen LogP contribution in [0.1, 0.15) is 31.7 Å². The van der Waals surface area contributed by atoms with Crippen molar-refractivity contribution in [3.05, 3.63) is 35.6 Å². The topological polar surface area (TPSA) is 55.7 Å². The van der Waals surface area contributed by atoms with Gasteiger partial charge in [-0.2, -0.15) is 0 Å². The van der Waals surface area contributed by atoms with E-state index >= 15 is 0 Å². The first-order chi connectivity index (χ1) is 11.1. The van der Waals surface area contributed by atoms with E-state index in [9.17, 15) is 14.6 Å². The summed E-state index contributed by atoms with van der Waals surface area (Å²) in [7, 11) is 0. The van der Waals surface area contributed by atoms with Crippen LogP contribution in [-0.2, 0) is 5.41 Å². The summed E-state index contributed by atoms with van der Waals surface area (Å²) >= 11 is 0. The molecule has 130 valence electrons. The first kappa shape index (κ1) is 18.3. The molecule has 0 aromatic heterocycles. The third kappa shape index (κ3) is 4.51. The number of nitrogens with zero attached hydrogens (tertiary/aromatic N) is 1. The van der Waals surface area contributed by atoms with Crippen LogP contribution < -0.4 is 5.32 Å². The maximum Gasteiger partial charge on any atom is 0.123 e. The van der Waals surface area contributed by atoms with Gasteiger partial charge < -0.3 is 20.4 Å². The van der Waals surface area contributed by atoms with Gasteiger partial charge >= 0.3 is 0 Å². The molecule has 1 aromatic rings. The van der Waals surface area contributed by atoms with E-state index in [0.29, 0.717) is 12.8 Å².